The van der Waals surface area contributed by atoms with Gasteiger partial charge < -0.3 is 19.3 Å². The van der Waals surface area contributed by atoms with Gasteiger partial charge in [0.15, 0.2) is 0 Å². The van der Waals surface area contributed by atoms with Crippen molar-refractivity contribution in [3.05, 3.63) is 250 Å². The van der Waals surface area contributed by atoms with Crippen LogP contribution in [0, 0.1) is 41.5 Å². The third kappa shape index (κ3) is 9.08. The van der Waals surface area contributed by atoms with Crippen molar-refractivity contribution in [2.24, 2.45) is 0 Å². The Bertz CT molecular complexity index is 5170. The molecule has 0 radical (unpaired) electrons. The van der Waals surface area contributed by atoms with Crippen molar-refractivity contribution >= 4 is 135 Å². The third-order valence-electron chi connectivity index (χ3n) is 21.3. The zero-order chi connectivity index (χ0) is 65.3. The predicted octanol–water partition coefficient (Wildman–Crippen LogP) is 18.9. The molecule has 11 heteroatoms. The Morgan fingerprint density at radius 1 is 0.453 bits per heavy atom. The maximum Gasteiger partial charge on any atom is 0.271 e. The van der Waals surface area contributed by atoms with Gasteiger partial charge in [-0.15, -0.1) is 11.3 Å². The first-order chi connectivity index (χ1) is 45.7. The van der Waals surface area contributed by atoms with Crippen molar-refractivity contribution in [3.8, 4) is 23.3 Å². The van der Waals surface area contributed by atoms with E-state index < -0.39 is 0 Å². The van der Waals surface area contributed by atoms with Crippen LogP contribution in [0.3, 0.4) is 0 Å². The first-order valence-corrected chi connectivity index (χ1v) is 34.5. The minimum absolute atomic E-state index is 0.0735. The Kier molecular flexibility index (Phi) is 13.2. The minimum atomic E-state index is -0.286. The molecule has 0 bridgehead atoms. The maximum absolute atomic E-state index is 7.66. The van der Waals surface area contributed by atoms with Crippen molar-refractivity contribution in [3.63, 3.8) is 0 Å². The second-order valence-electron chi connectivity index (χ2n) is 29.5. The van der Waals surface area contributed by atoms with E-state index in [4.69, 9.17) is 19.4 Å². The molecule has 0 fully saturated rings. The summed E-state index contributed by atoms with van der Waals surface area (Å²) in [4.78, 5) is 21.5. The van der Waals surface area contributed by atoms with Gasteiger partial charge in [0.05, 0.1) is 34.1 Å². The molecule has 95 heavy (non-hydrogen) atoms. The fourth-order valence-corrected chi connectivity index (χ4v) is 17.5. The predicted molar refractivity (Wildman–Crippen MR) is 401 cm³/mol. The Hall–Kier alpha value is -9.83. The molecule has 7 heterocycles. The highest BCUT2D eigenvalue weighted by atomic mass is 32.1. The topological polar surface area (TPSA) is 57.2 Å². The van der Waals surface area contributed by atoms with Gasteiger partial charge in [0, 0.05) is 60.7 Å². The summed E-state index contributed by atoms with van der Waals surface area (Å²) in [5, 5.41) is 1.11. The molecular weight excluding hydrogens is 1180 g/mol. The van der Waals surface area contributed by atoms with Crippen LogP contribution in [0.4, 0.5) is 68.5 Å². The van der Waals surface area contributed by atoms with Crippen LogP contribution in [0.1, 0.15) is 111 Å². The van der Waals surface area contributed by atoms with Crippen LogP contribution < -0.4 is 61.2 Å². The summed E-state index contributed by atoms with van der Waals surface area (Å²) >= 11 is 1.85. The molecule has 5 aliphatic rings. The van der Waals surface area contributed by atoms with E-state index in [9.17, 15) is 0 Å². The van der Waals surface area contributed by atoms with Crippen LogP contribution in [0.5, 0.6) is 23.3 Å². The number of aromatic nitrogens is 2. The lowest BCUT2D eigenvalue weighted by molar-refractivity contribution is 0.330. The normalized spacial score (nSPS) is 15.0. The molecule has 12 aromatic rings. The van der Waals surface area contributed by atoms with E-state index in [1.807, 2.05) is 11.3 Å². The molecule has 8 nitrogen and oxygen atoms in total. The van der Waals surface area contributed by atoms with Crippen molar-refractivity contribution in [2.75, 3.05) is 19.6 Å². The summed E-state index contributed by atoms with van der Waals surface area (Å²) < 4.78 is 17.7. The van der Waals surface area contributed by atoms with E-state index in [1.165, 1.54) is 37.1 Å². The van der Waals surface area contributed by atoms with Gasteiger partial charge in [-0.05, 0) is 198 Å². The lowest BCUT2D eigenvalue weighted by Crippen LogP contribution is -2.63. The van der Waals surface area contributed by atoms with Gasteiger partial charge >= 0.3 is 0 Å². The first-order valence-electron chi connectivity index (χ1n) is 33.7. The van der Waals surface area contributed by atoms with Gasteiger partial charge in [-0.2, -0.15) is 9.97 Å². The molecule has 3 aromatic heterocycles. The molecule has 17 rings (SSSR count). The first kappa shape index (κ1) is 59.0. The zero-order valence-corrected chi connectivity index (χ0v) is 57.3. The van der Waals surface area contributed by atoms with E-state index in [0.717, 1.165) is 148 Å². The molecule has 0 amide bonds. The quantitative estimate of drug-likeness (QED) is 0.140. The number of hydrogen-bond acceptors (Lipinski definition) is 9. The van der Waals surface area contributed by atoms with E-state index in [2.05, 4.69) is 310 Å². The number of para-hydroxylation sites is 6. The van der Waals surface area contributed by atoms with Crippen LogP contribution in [-0.2, 0) is 16.2 Å². The smallest absolute Gasteiger partial charge is 0.271 e. The van der Waals surface area contributed by atoms with E-state index >= 15 is 0 Å². The largest absolute Gasteiger partial charge is 0.440 e. The van der Waals surface area contributed by atoms with Gasteiger partial charge in [0.25, 0.3) is 13.4 Å². The number of hydrogen-bond donors (Lipinski definition) is 0. The highest BCUT2D eigenvalue weighted by Crippen LogP contribution is 2.53. The Morgan fingerprint density at radius 3 is 1.43 bits per heavy atom. The number of aryl methyl sites for hydroxylation is 6. The second-order valence-corrected chi connectivity index (χ2v) is 30.6. The van der Waals surface area contributed by atoms with E-state index in [-0.39, 0.29) is 29.7 Å². The van der Waals surface area contributed by atoms with Crippen molar-refractivity contribution in [1.29, 1.82) is 0 Å². The zero-order valence-electron chi connectivity index (χ0n) is 56.5. The molecule has 9 aromatic carbocycles. The molecule has 1 aliphatic carbocycles. The Morgan fingerprint density at radius 2 is 0.916 bits per heavy atom. The van der Waals surface area contributed by atoms with Gasteiger partial charge in [0.2, 0.25) is 11.8 Å². The van der Waals surface area contributed by atoms with E-state index in [1.54, 1.807) is 0 Å². The third-order valence-corrected chi connectivity index (χ3v) is 22.6. The summed E-state index contributed by atoms with van der Waals surface area (Å²) in [6.45, 7) is 29.3. The second kappa shape index (κ2) is 21.3. The van der Waals surface area contributed by atoms with Crippen molar-refractivity contribution in [2.45, 2.75) is 119 Å². The molecule has 0 unspecified atom stereocenters. The molecule has 0 N–H and O–H groups in total. The average molecular weight is 1260 g/mol. The lowest BCUT2D eigenvalue weighted by atomic mass is 9.32. The van der Waals surface area contributed by atoms with Gasteiger partial charge in [-0.3, -0.25) is 9.80 Å². The number of pyridine rings is 2. The van der Waals surface area contributed by atoms with Crippen LogP contribution >= 0.6 is 11.3 Å². The standard InChI is InChI=1S/C84H76B2N6O2S/c1-49-26-20-22-36-64(49)91(76-51(3)28-24-29-52(76)4)72-47-68-74-80(87-72)93-70-44-60-59(83(10,11)40-41-84(60,12)13)43-63(70)85(74)61-45-62-67(46-66(61)89(68)56-32-16-14-17-33-56)90(57-34-18-15-19-35-57)69-48-73(92(65-37-23-21-27-50(65)2)77-53(5)30-25-31-54(77)6)88-81-75(69)86(62)79-78(94-81)58-42-55(82(7,8)9)38-39-71(58)95-79/h14-39,42-48H,40-41H2,1-13H3. The number of thiophene rings is 1. The highest BCUT2D eigenvalue weighted by Gasteiger charge is 2.51. The van der Waals surface area contributed by atoms with Gasteiger partial charge in [-0.25, -0.2) is 0 Å². The average Bonchev–Trinajstić information content (AvgIpc) is 1.50. The SMILES string of the molecule is Cc1ccccc1N(c1cc2c3c(n1)Oc1cc4c(cc1B3c1cc3c(cc1N2c1ccccc1)N(c1ccccc1)c1cc(N(c2ccccc2C)c2c(C)cccc2C)nc2c1B3c1sc3ccc(C(C)(C)C)cc3c1O2)C(C)(C)CCC4(C)C)c1c(C)cccc1C. The molecule has 0 saturated carbocycles. The summed E-state index contributed by atoms with van der Waals surface area (Å²) in [5.74, 6) is 4.50. The molecule has 4 aliphatic heterocycles. The number of rotatable bonds is 8. The summed E-state index contributed by atoms with van der Waals surface area (Å²) in [5.41, 5.74) is 26.8. The van der Waals surface area contributed by atoms with Crippen LogP contribution in [0.2, 0.25) is 0 Å². The Balaban J connectivity index is 1.01. The number of nitrogens with zero attached hydrogens (tertiary/aromatic N) is 6. The van der Waals surface area contributed by atoms with Gasteiger partial charge in [-0.1, -0.05) is 176 Å². The van der Waals surface area contributed by atoms with E-state index in [0.29, 0.717) is 11.8 Å². The molecule has 0 spiro atoms. The maximum atomic E-state index is 7.66. The van der Waals surface area contributed by atoms with Crippen LogP contribution in [0.15, 0.2) is 200 Å². The number of ether oxygens (including phenoxy) is 2. The number of benzene rings is 9. The molecule has 0 atom stereocenters. The van der Waals surface area contributed by atoms with Crippen molar-refractivity contribution < 1.29 is 9.47 Å². The number of fused-ring (bicyclic) bond motifs is 11. The summed E-state index contributed by atoms with van der Waals surface area (Å²) in [7, 11) is 0. The fourth-order valence-electron chi connectivity index (χ4n) is 16.3. The van der Waals surface area contributed by atoms with Crippen molar-refractivity contribution in [1.82, 2.24) is 9.97 Å². The number of anilines is 12. The fraction of sp³-hybridized carbons (Fsp3) is 0.214. The minimum Gasteiger partial charge on any atom is -0.440 e. The van der Waals surface area contributed by atoms with Crippen LogP contribution in [-0.4, -0.2) is 23.4 Å². The monoisotopic (exact) mass is 1250 g/mol. The lowest BCUT2D eigenvalue weighted by Gasteiger charge is -2.45. The Labute approximate surface area is 563 Å². The summed E-state index contributed by atoms with van der Waals surface area (Å²) in [6, 6.07) is 74.3. The van der Waals surface area contributed by atoms with Crippen LogP contribution in [0.25, 0.3) is 10.1 Å². The highest BCUT2D eigenvalue weighted by molar-refractivity contribution is 7.33. The molecular formula is C84H76B2N6O2S. The molecule has 0 saturated heterocycles. The molecule has 466 valence electrons. The summed E-state index contributed by atoms with van der Waals surface area (Å²) in [6.07, 6.45) is 2.16. The van der Waals surface area contributed by atoms with Gasteiger partial charge in [0.1, 0.15) is 23.1 Å².